The van der Waals surface area contributed by atoms with Crippen LogP contribution in [0, 0.1) is 5.92 Å². The maximum absolute atomic E-state index is 11.6. The maximum Gasteiger partial charge on any atom is 0.314 e. The van der Waals surface area contributed by atoms with Crippen molar-refractivity contribution in [3.63, 3.8) is 0 Å². The van der Waals surface area contributed by atoms with Gasteiger partial charge in [0, 0.05) is 5.69 Å². The van der Waals surface area contributed by atoms with Gasteiger partial charge in [-0.1, -0.05) is 6.42 Å². The molecule has 1 aromatic carbocycles. The second-order valence-corrected chi connectivity index (χ2v) is 6.20. The van der Waals surface area contributed by atoms with E-state index < -0.39 is 10.0 Å². The minimum atomic E-state index is -3.28. The van der Waals surface area contributed by atoms with Crippen LogP contribution in [0.4, 0.5) is 5.69 Å². The van der Waals surface area contributed by atoms with Crippen LogP contribution in [0.2, 0.25) is 0 Å². The van der Waals surface area contributed by atoms with Crippen LogP contribution in [0.5, 0.6) is 5.75 Å². The molecule has 1 aliphatic rings. The summed E-state index contributed by atoms with van der Waals surface area (Å²) in [5.41, 5.74) is 0.445. The van der Waals surface area contributed by atoms with Crippen LogP contribution in [0.3, 0.4) is 0 Å². The molecule has 0 aromatic heterocycles. The Hall–Kier alpha value is -1.56. The van der Waals surface area contributed by atoms with Gasteiger partial charge in [0.15, 0.2) is 0 Å². The minimum absolute atomic E-state index is 0.0267. The molecule has 0 amide bonds. The first-order chi connectivity index (χ1) is 8.44. The Labute approximate surface area is 106 Å². The Balaban J connectivity index is 1.97. The third-order valence-electron chi connectivity index (χ3n) is 2.81. The van der Waals surface area contributed by atoms with E-state index >= 15 is 0 Å². The predicted molar refractivity (Wildman–Crippen MR) is 67.9 cm³/mol. The number of rotatable bonds is 4. The van der Waals surface area contributed by atoms with Gasteiger partial charge in [0.25, 0.3) is 0 Å². The van der Waals surface area contributed by atoms with E-state index in [1.54, 1.807) is 24.3 Å². The summed E-state index contributed by atoms with van der Waals surface area (Å²) >= 11 is 0. The van der Waals surface area contributed by atoms with Gasteiger partial charge in [-0.05, 0) is 37.1 Å². The summed E-state index contributed by atoms with van der Waals surface area (Å²) in [6, 6.07) is 6.27. The van der Waals surface area contributed by atoms with E-state index in [9.17, 15) is 13.2 Å². The maximum atomic E-state index is 11.6. The number of esters is 1. The molecule has 2 rings (SSSR count). The summed E-state index contributed by atoms with van der Waals surface area (Å²) in [5, 5.41) is 0. The van der Waals surface area contributed by atoms with E-state index in [4.69, 9.17) is 4.74 Å². The zero-order valence-electron chi connectivity index (χ0n) is 10.0. The van der Waals surface area contributed by atoms with Crippen molar-refractivity contribution in [2.75, 3.05) is 11.0 Å². The fourth-order valence-corrected chi connectivity index (χ4v) is 2.21. The normalized spacial score (nSPS) is 15.8. The zero-order chi connectivity index (χ0) is 13.2. The summed E-state index contributed by atoms with van der Waals surface area (Å²) < 4.78 is 29.5. The molecule has 0 atom stereocenters. The zero-order valence-corrected chi connectivity index (χ0v) is 10.9. The van der Waals surface area contributed by atoms with Crippen molar-refractivity contribution in [3.05, 3.63) is 24.3 Å². The molecule has 1 aromatic rings. The van der Waals surface area contributed by atoms with Crippen molar-refractivity contribution in [1.82, 2.24) is 0 Å². The number of nitrogens with one attached hydrogen (secondary N) is 1. The number of anilines is 1. The highest BCUT2D eigenvalue weighted by molar-refractivity contribution is 7.92. The Morgan fingerprint density at radius 3 is 2.33 bits per heavy atom. The van der Waals surface area contributed by atoms with Gasteiger partial charge >= 0.3 is 5.97 Å². The fourth-order valence-electron chi connectivity index (χ4n) is 1.65. The van der Waals surface area contributed by atoms with Crippen LogP contribution >= 0.6 is 0 Å². The van der Waals surface area contributed by atoms with Crippen LogP contribution in [0.25, 0.3) is 0 Å². The molecular formula is C12H15NO4S. The van der Waals surface area contributed by atoms with Crippen molar-refractivity contribution in [2.24, 2.45) is 5.92 Å². The molecule has 6 heteroatoms. The van der Waals surface area contributed by atoms with E-state index in [2.05, 4.69) is 4.72 Å². The first-order valence-electron chi connectivity index (χ1n) is 5.73. The quantitative estimate of drug-likeness (QED) is 0.668. The molecule has 0 bridgehead atoms. The summed E-state index contributed by atoms with van der Waals surface area (Å²) in [4.78, 5) is 11.6. The molecule has 1 N–H and O–H groups in total. The topological polar surface area (TPSA) is 72.5 Å². The molecule has 1 fully saturated rings. The SMILES string of the molecule is CS(=O)(=O)Nc1ccc(OC(=O)C2CCC2)cc1. The highest BCUT2D eigenvalue weighted by atomic mass is 32.2. The molecule has 0 aliphatic heterocycles. The Bertz CT molecular complexity index is 532. The van der Waals surface area contributed by atoms with Crippen LogP contribution < -0.4 is 9.46 Å². The van der Waals surface area contributed by atoms with Gasteiger partial charge < -0.3 is 4.74 Å². The number of benzene rings is 1. The number of carbonyl (C=O) groups is 1. The average molecular weight is 269 g/mol. The van der Waals surface area contributed by atoms with Crippen LogP contribution in [0.1, 0.15) is 19.3 Å². The standard InChI is InChI=1S/C12H15NO4S/c1-18(15,16)13-10-5-7-11(8-6-10)17-12(14)9-3-2-4-9/h5-9,13H,2-4H2,1H3. The third kappa shape index (κ3) is 3.46. The van der Waals surface area contributed by atoms with Crippen molar-refractivity contribution in [3.8, 4) is 5.75 Å². The van der Waals surface area contributed by atoms with E-state index in [1.165, 1.54) is 0 Å². The van der Waals surface area contributed by atoms with E-state index in [1.807, 2.05) is 0 Å². The summed E-state index contributed by atoms with van der Waals surface area (Å²) in [6.45, 7) is 0. The van der Waals surface area contributed by atoms with Gasteiger partial charge in [-0.3, -0.25) is 9.52 Å². The smallest absolute Gasteiger partial charge is 0.314 e. The first kappa shape index (κ1) is 12.9. The molecule has 98 valence electrons. The number of ether oxygens (including phenoxy) is 1. The number of carbonyl (C=O) groups excluding carboxylic acids is 1. The lowest BCUT2D eigenvalue weighted by Gasteiger charge is -2.22. The molecule has 0 radical (unpaired) electrons. The van der Waals surface area contributed by atoms with E-state index in [0.717, 1.165) is 25.5 Å². The molecular weight excluding hydrogens is 254 g/mol. The minimum Gasteiger partial charge on any atom is -0.426 e. The van der Waals surface area contributed by atoms with Gasteiger partial charge in [0.1, 0.15) is 5.75 Å². The predicted octanol–water partition coefficient (Wildman–Crippen LogP) is 1.76. The van der Waals surface area contributed by atoms with Crippen LogP contribution in [0.15, 0.2) is 24.3 Å². The molecule has 0 spiro atoms. The number of sulfonamides is 1. The summed E-state index contributed by atoms with van der Waals surface area (Å²) in [6.07, 6.45) is 3.95. The van der Waals surface area contributed by atoms with Gasteiger partial charge in [-0.2, -0.15) is 0 Å². The molecule has 1 aliphatic carbocycles. The lowest BCUT2D eigenvalue weighted by atomic mass is 9.86. The molecule has 1 saturated carbocycles. The molecule has 18 heavy (non-hydrogen) atoms. The van der Waals surface area contributed by atoms with Gasteiger partial charge in [0.2, 0.25) is 10.0 Å². The van der Waals surface area contributed by atoms with Crippen LogP contribution in [-0.4, -0.2) is 20.6 Å². The molecule has 0 saturated heterocycles. The average Bonchev–Trinajstić information content (AvgIpc) is 2.16. The van der Waals surface area contributed by atoms with E-state index in [-0.39, 0.29) is 11.9 Å². The Kier molecular flexibility index (Phi) is 3.56. The lowest BCUT2D eigenvalue weighted by molar-refractivity contribution is -0.141. The van der Waals surface area contributed by atoms with Gasteiger partial charge in [-0.15, -0.1) is 0 Å². The number of hydrogen-bond donors (Lipinski definition) is 1. The lowest BCUT2D eigenvalue weighted by Crippen LogP contribution is -2.26. The Morgan fingerprint density at radius 1 is 1.28 bits per heavy atom. The largest absolute Gasteiger partial charge is 0.426 e. The molecule has 5 nitrogen and oxygen atoms in total. The second-order valence-electron chi connectivity index (χ2n) is 4.45. The van der Waals surface area contributed by atoms with E-state index in [0.29, 0.717) is 11.4 Å². The molecule has 0 heterocycles. The van der Waals surface area contributed by atoms with Crippen molar-refractivity contribution in [2.45, 2.75) is 19.3 Å². The first-order valence-corrected chi connectivity index (χ1v) is 7.63. The van der Waals surface area contributed by atoms with Gasteiger partial charge in [-0.25, -0.2) is 8.42 Å². The fraction of sp³-hybridized carbons (Fsp3) is 0.417. The van der Waals surface area contributed by atoms with Crippen LogP contribution in [-0.2, 0) is 14.8 Å². The van der Waals surface area contributed by atoms with Crippen molar-refractivity contribution >= 4 is 21.7 Å². The summed E-state index contributed by atoms with van der Waals surface area (Å²) in [5.74, 6) is 0.259. The third-order valence-corrected chi connectivity index (χ3v) is 3.42. The summed E-state index contributed by atoms with van der Waals surface area (Å²) in [7, 11) is -3.28. The second kappa shape index (κ2) is 4.97. The highest BCUT2D eigenvalue weighted by Gasteiger charge is 2.26. The highest BCUT2D eigenvalue weighted by Crippen LogP contribution is 2.28. The number of hydrogen-bond acceptors (Lipinski definition) is 4. The monoisotopic (exact) mass is 269 g/mol. The van der Waals surface area contributed by atoms with Gasteiger partial charge in [0.05, 0.1) is 12.2 Å². The molecule has 0 unspecified atom stereocenters. The van der Waals surface area contributed by atoms with Crippen molar-refractivity contribution in [1.29, 1.82) is 0 Å². The van der Waals surface area contributed by atoms with Crippen molar-refractivity contribution < 1.29 is 17.9 Å². The Morgan fingerprint density at radius 2 is 1.89 bits per heavy atom.